The van der Waals surface area contributed by atoms with Gasteiger partial charge >= 0.3 is 0 Å². The van der Waals surface area contributed by atoms with Crippen LogP contribution in [0.5, 0.6) is 0 Å². The molecule has 0 unspecified atom stereocenters. The van der Waals surface area contributed by atoms with Crippen molar-refractivity contribution in [1.29, 1.82) is 0 Å². The van der Waals surface area contributed by atoms with Crippen molar-refractivity contribution in [1.82, 2.24) is 19.1 Å². The monoisotopic (exact) mass is 544 g/mol. The van der Waals surface area contributed by atoms with Crippen LogP contribution in [-0.4, -0.2) is 19.1 Å². The van der Waals surface area contributed by atoms with Crippen LogP contribution in [0.4, 0.5) is 0 Å². The number of aromatic nitrogens is 4. The van der Waals surface area contributed by atoms with Crippen LogP contribution < -0.4 is 0 Å². The smallest absolute Gasteiger partial charge is 0.100 e. The summed E-state index contributed by atoms with van der Waals surface area (Å²) in [6.07, 6.45) is 12.0. The van der Waals surface area contributed by atoms with Gasteiger partial charge in [-0.05, 0) is 62.7 Å². The Labute approximate surface area is 245 Å². The fourth-order valence-electron chi connectivity index (χ4n) is 6.09. The fourth-order valence-corrected chi connectivity index (χ4v) is 6.09. The second-order valence-corrected chi connectivity index (χ2v) is 10.9. The molecule has 4 aromatic heterocycles. The number of pyridine rings is 2. The van der Waals surface area contributed by atoms with Gasteiger partial charge in [0.2, 0.25) is 0 Å². The first-order chi connectivity index (χ1) is 20.6. The van der Waals surface area contributed by atoms with Crippen LogP contribution in [0.3, 0.4) is 0 Å². The van der Waals surface area contributed by atoms with Gasteiger partial charge in [-0.2, -0.15) is 0 Å². The molecule has 0 saturated carbocycles. The summed E-state index contributed by atoms with van der Waals surface area (Å²) in [5.74, 6) is 0. The van der Waals surface area contributed by atoms with E-state index in [4.69, 9.17) is 9.97 Å². The van der Waals surface area contributed by atoms with Gasteiger partial charge in [0.15, 0.2) is 0 Å². The molecule has 0 aliphatic rings. The molecule has 7 aromatic rings. The predicted octanol–water partition coefficient (Wildman–Crippen LogP) is 9.63. The molecule has 0 aliphatic heterocycles. The van der Waals surface area contributed by atoms with Crippen LogP contribution in [0.1, 0.15) is 23.7 Å². The van der Waals surface area contributed by atoms with E-state index >= 15 is 0 Å². The molecule has 0 fully saturated rings. The summed E-state index contributed by atoms with van der Waals surface area (Å²) in [6.45, 7) is 10.8. The molecule has 204 valence electrons. The molecule has 4 heterocycles. The normalized spacial score (nSPS) is 12.4. The second kappa shape index (κ2) is 10.3. The van der Waals surface area contributed by atoms with Gasteiger partial charge in [0.05, 0.1) is 45.8 Å². The number of rotatable bonds is 6. The molecule has 0 saturated heterocycles. The Bertz CT molecular complexity index is 2210. The number of allylic oxidation sites excluding steroid dienone is 5. The molecule has 42 heavy (non-hydrogen) atoms. The number of aryl methyl sites for hydroxylation is 2. The van der Waals surface area contributed by atoms with Gasteiger partial charge < -0.3 is 9.13 Å². The highest BCUT2D eigenvalue weighted by Crippen LogP contribution is 2.35. The number of benzene rings is 3. The second-order valence-electron chi connectivity index (χ2n) is 10.9. The summed E-state index contributed by atoms with van der Waals surface area (Å²) in [5.41, 5.74) is 11.2. The molecular weight excluding hydrogens is 512 g/mol. The lowest BCUT2D eigenvalue weighted by Crippen LogP contribution is -2.08. The van der Waals surface area contributed by atoms with Crippen LogP contribution in [0.25, 0.3) is 60.4 Å². The number of nitrogens with zero attached hydrogens (tertiary/aromatic N) is 4. The number of hydrogen-bond donors (Lipinski definition) is 0. The lowest BCUT2D eigenvalue weighted by molar-refractivity contribution is 0.681. The van der Waals surface area contributed by atoms with E-state index in [0.29, 0.717) is 6.67 Å². The van der Waals surface area contributed by atoms with E-state index in [2.05, 4.69) is 115 Å². The molecule has 4 heteroatoms. The van der Waals surface area contributed by atoms with E-state index in [-0.39, 0.29) is 0 Å². The molecule has 4 nitrogen and oxygen atoms in total. The van der Waals surface area contributed by atoms with Gasteiger partial charge in [-0.15, -0.1) is 0 Å². The Morgan fingerprint density at radius 3 is 1.93 bits per heavy atom. The van der Waals surface area contributed by atoms with Crippen molar-refractivity contribution >= 4 is 49.2 Å². The SMILES string of the molecule is C=C/C=C\C(=C/C)c1cc2c3cc(C)ccc3n(Cn3c4ccc(C)cc4c4cc(-c5ccccc5)ncc43)c2cn1. The van der Waals surface area contributed by atoms with E-state index in [1.807, 2.05) is 31.5 Å². The van der Waals surface area contributed by atoms with Gasteiger partial charge in [0.1, 0.15) is 6.67 Å². The summed E-state index contributed by atoms with van der Waals surface area (Å²) < 4.78 is 4.78. The summed E-state index contributed by atoms with van der Waals surface area (Å²) in [5, 5.41) is 4.89. The molecule has 0 radical (unpaired) electrons. The van der Waals surface area contributed by atoms with Crippen LogP contribution in [-0.2, 0) is 6.67 Å². The predicted molar refractivity (Wildman–Crippen MR) is 178 cm³/mol. The standard InChI is InChI=1S/C38H32N4/c1-5-7-11-27(6-2)33-20-31-29-18-25(3)14-16-35(29)41(37(31)22-39-33)24-42-36-17-15-26(4)19-30(36)32-21-34(40-23-38(32)42)28-12-9-8-10-13-28/h5-23H,1,24H2,2-4H3/b11-7-,27-6+. The summed E-state index contributed by atoms with van der Waals surface area (Å²) in [7, 11) is 0. The van der Waals surface area contributed by atoms with Gasteiger partial charge in [-0.25, -0.2) is 0 Å². The average molecular weight is 545 g/mol. The molecule has 0 atom stereocenters. The zero-order chi connectivity index (χ0) is 28.8. The maximum absolute atomic E-state index is 4.92. The molecule has 7 rings (SSSR count). The Kier molecular flexibility index (Phi) is 6.32. The van der Waals surface area contributed by atoms with Crippen molar-refractivity contribution in [2.45, 2.75) is 27.4 Å². The molecule has 3 aromatic carbocycles. The van der Waals surface area contributed by atoms with Gasteiger partial charge in [-0.1, -0.05) is 84.5 Å². The fraction of sp³-hybridized carbons (Fsp3) is 0.105. The van der Waals surface area contributed by atoms with Crippen molar-refractivity contribution in [2.75, 3.05) is 0 Å². The molecule has 0 amide bonds. The van der Waals surface area contributed by atoms with E-state index in [9.17, 15) is 0 Å². The van der Waals surface area contributed by atoms with Gasteiger partial charge in [0, 0.05) is 27.1 Å². The topological polar surface area (TPSA) is 35.6 Å². The molecule has 0 bridgehead atoms. The van der Waals surface area contributed by atoms with Gasteiger partial charge in [0.25, 0.3) is 0 Å². The summed E-state index contributed by atoms with van der Waals surface area (Å²) in [4.78, 5) is 9.85. The summed E-state index contributed by atoms with van der Waals surface area (Å²) >= 11 is 0. The van der Waals surface area contributed by atoms with Crippen molar-refractivity contribution in [3.63, 3.8) is 0 Å². The van der Waals surface area contributed by atoms with Crippen LogP contribution in [0.2, 0.25) is 0 Å². The number of hydrogen-bond acceptors (Lipinski definition) is 2. The zero-order valence-corrected chi connectivity index (χ0v) is 24.2. The van der Waals surface area contributed by atoms with E-state index in [0.717, 1.165) is 33.6 Å². The first-order valence-electron chi connectivity index (χ1n) is 14.3. The third-order valence-corrected chi connectivity index (χ3v) is 8.18. The quantitative estimate of drug-likeness (QED) is 0.195. The zero-order valence-electron chi connectivity index (χ0n) is 24.2. The van der Waals surface area contributed by atoms with Crippen molar-refractivity contribution in [3.05, 3.63) is 139 Å². The van der Waals surface area contributed by atoms with Gasteiger partial charge in [-0.3, -0.25) is 9.97 Å². The van der Waals surface area contributed by atoms with Crippen molar-refractivity contribution < 1.29 is 0 Å². The Morgan fingerprint density at radius 1 is 0.714 bits per heavy atom. The first kappa shape index (κ1) is 25.7. The van der Waals surface area contributed by atoms with E-state index in [1.54, 1.807) is 6.08 Å². The van der Waals surface area contributed by atoms with Crippen LogP contribution in [0.15, 0.2) is 122 Å². The van der Waals surface area contributed by atoms with Crippen molar-refractivity contribution in [3.8, 4) is 11.3 Å². The minimum atomic E-state index is 0.645. The molecule has 0 N–H and O–H groups in total. The summed E-state index contributed by atoms with van der Waals surface area (Å²) in [6, 6.07) is 28.3. The first-order valence-corrected chi connectivity index (χ1v) is 14.3. The maximum Gasteiger partial charge on any atom is 0.100 e. The Morgan fingerprint density at radius 2 is 1.31 bits per heavy atom. The molecule has 0 aliphatic carbocycles. The lowest BCUT2D eigenvalue weighted by Gasteiger charge is -2.12. The van der Waals surface area contributed by atoms with Crippen LogP contribution in [0, 0.1) is 13.8 Å². The van der Waals surface area contributed by atoms with Crippen molar-refractivity contribution in [2.24, 2.45) is 0 Å². The molecule has 0 spiro atoms. The Balaban J connectivity index is 1.45. The average Bonchev–Trinajstić information content (AvgIpc) is 3.49. The highest BCUT2D eigenvalue weighted by atomic mass is 15.2. The maximum atomic E-state index is 4.92. The third-order valence-electron chi connectivity index (χ3n) is 8.18. The minimum absolute atomic E-state index is 0.645. The van der Waals surface area contributed by atoms with E-state index in [1.165, 1.54) is 43.7 Å². The highest BCUT2D eigenvalue weighted by Gasteiger charge is 2.17. The molecular formula is C38H32N4. The lowest BCUT2D eigenvalue weighted by atomic mass is 10.1. The third kappa shape index (κ3) is 4.24. The van der Waals surface area contributed by atoms with E-state index < -0.39 is 0 Å². The highest BCUT2D eigenvalue weighted by molar-refractivity contribution is 6.10. The largest absolute Gasteiger partial charge is 0.320 e. The van der Waals surface area contributed by atoms with Crippen LogP contribution >= 0.6 is 0 Å². The Hall–Kier alpha value is -5.22. The minimum Gasteiger partial charge on any atom is -0.320 e. The number of fused-ring (bicyclic) bond motifs is 6.